The van der Waals surface area contributed by atoms with Crippen molar-refractivity contribution in [3.63, 3.8) is 0 Å². The maximum Gasteiger partial charge on any atom is 0.163 e. The Bertz CT molecular complexity index is 844. The van der Waals surface area contributed by atoms with Crippen molar-refractivity contribution in [2.24, 2.45) is 0 Å². The number of fused-ring (bicyclic) bond motifs is 1. The Morgan fingerprint density at radius 1 is 1.29 bits per heavy atom. The van der Waals surface area contributed by atoms with E-state index >= 15 is 0 Å². The minimum Gasteiger partial charge on any atom is -0.376 e. The Labute approximate surface area is 144 Å². The van der Waals surface area contributed by atoms with Crippen LogP contribution in [0.2, 0.25) is 5.02 Å². The van der Waals surface area contributed by atoms with Crippen molar-refractivity contribution >= 4 is 28.5 Å². The van der Waals surface area contributed by atoms with Crippen molar-refractivity contribution in [3.8, 4) is 0 Å². The highest BCUT2D eigenvalue weighted by molar-refractivity contribution is 6.31. The van der Waals surface area contributed by atoms with Crippen molar-refractivity contribution in [3.05, 3.63) is 47.4 Å². The second-order valence-corrected chi connectivity index (χ2v) is 6.28. The van der Waals surface area contributed by atoms with Gasteiger partial charge in [0.25, 0.3) is 0 Å². The number of hydrogen-bond donors (Lipinski definition) is 1. The third kappa shape index (κ3) is 3.07. The van der Waals surface area contributed by atoms with Crippen LogP contribution in [-0.4, -0.2) is 39.0 Å². The van der Waals surface area contributed by atoms with Crippen LogP contribution in [0.15, 0.2) is 36.8 Å². The van der Waals surface area contributed by atoms with Crippen molar-refractivity contribution in [2.75, 3.05) is 18.5 Å². The second kappa shape index (κ2) is 6.75. The first kappa shape index (κ1) is 15.4. The van der Waals surface area contributed by atoms with Gasteiger partial charge < -0.3 is 10.1 Å². The van der Waals surface area contributed by atoms with Gasteiger partial charge in [-0.2, -0.15) is 5.10 Å². The predicted octanol–water partition coefficient (Wildman–Crippen LogP) is 3.12. The molecule has 1 unspecified atom stereocenters. The van der Waals surface area contributed by atoms with Gasteiger partial charge in [-0.25, -0.2) is 14.6 Å². The van der Waals surface area contributed by atoms with Crippen LogP contribution >= 0.6 is 11.6 Å². The van der Waals surface area contributed by atoms with E-state index in [1.165, 1.54) is 0 Å². The van der Waals surface area contributed by atoms with E-state index in [9.17, 15) is 0 Å². The Balaban J connectivity index is 1.57. The van der Waals surface area contributed by atoms with Crippen LogP contribution in [0.1, 0.15) is 18.4 Å². The molecule has 1 N–H and O–H groups in total. The molecule has 0 saturated carbocycles. The molecule has 0 radical (unpaired) electrons. The first-order chi connectivity index (χ1) is 11.8. The summed E-state index contributed by atoms with van der Waals surface area (Å²) in [5, 5.41) is 9.45. The van der Waals surface area contributed by atoms with Crippen LogP contribution in [0, 0.1) is 0 Å². The molecule has 1 saturated heterocycles. The molecule has 24 heavy (non-hydrogen) atoms. The third-order valence-electron chi connectivity index (χ3n) is 4.23. The lowest BCUT2D eigenvalue weighted by atomic mass is 10.2. The maximum absolute atomic E-state index is 6.25. The van der Waals surface area contributed by atoms with Crippen molar-refractivity contribution in [1.82, 2.24) is 19.7 Å². The molecule has 1 aliphatic heterocycles. The van der Waals surface area contributed by atoms with Gasteiger partial charge in [-0.05, 0) is 24.5 Å². The highest BCUT2D eigenvalue weighted by Gasteiger charge is 2.17. The van der Waals surface area contributed by atoms with E-state index in [0.717, 1.165) is 53.4 Å². The Morgan fingerprint density at radius 2 is 2.21 bits per heavy atom. The van der Waals surface area contributed by atoms with E-state index in [2.05, 4.69) is 20.4 Å². The summed E-state index contributed by atoms with van der Waals surface area (Å²) >= 11 is 6.25. The van der Waals surface area contributed by atoms with E-state index in [1.54, 1.807) is 12.5 Å². The van der Waals surface area contributed by atoms with Crippen LogP contribution in [-0.2, 0) is 11.3 Å². The molecule has 1 aliphatic rings. The molecule has 4 rings (SSSR count). The molecule has 0 amide bonds. The van der Waals surface area contributed by atoms with E-state index in [0.29, 0.717) is 6.54 Å². The summed E-state index contributed by atoms with van der Waals surface area (Å²) in [7, 11) is 0. The number of hydrogen-bond acceptors (Lipinski definition) is 5. The molecule has 0 bridgehead atoms. The molecule has 3 aromatic rings. The summed E-state index contributed by atoms with van der Waals surface area (Å²) in [6, 6.07) is 7.76. The molecule has 1 fully saturated rings. The number of rotatable bonds is 5. The first-order valence-electron chi connectivity index (χ1n) is 8.06. The molecule has 0 aliphatic carbocycles. The smallest absolute Gasteiger partial charge is 0.163 e. The van der Waals surface area contributed by atoms with Crippen molar-refractivity contribution < 1.29 is 4.74 Å². The highest BCUT2D eigenvalue weighted by atomic mass is 35.5. The third-order valence-corrected chi connectivity index (χ3v) is 4.60. The van der Waals surface area contributed by atoms with Crippen molar-refractivity contribution in [2.45, 2.75) is 25.5 Å². The zero-order chi connectivity index (χ0) is 16.4. The normalized spacial score (nSPS) is 17.5. The summed E-state index contributed by atoms with van der Waals surface area (Å²) in [6.07, 6.45) is 5.83. The lowest BCUT2D eigenvalue weighted by molar-refractivity contribution is 0.120. The first-order valence-corrected chi connectivity index (χ1v) is 8.44. The van der Waals surface area contributed by atoms with Crippen LogP contribution in [0.4, 0.5) is 5.82 Å². The summed E-state index contributed by atoms with van der Waals surface area (Å²) in [4.78, 5) is 8.73. The van der Waals surface area contributed by atoms with Crippen LogP contribution in [0.5, 0.6) is 0 Å². The van der Waals surface area contributed by atoms with Gasteiger partial charge in [-0.1, -0.05) is 29.8 Å². The molecule has 7 heteroatoms. The fraction of sp³-hybridized carbons (Fsp3) is 0.353. The molecule has 0 spiro atoms. The minimum atomic E-state index is 0.258. The number of benzene rings is 1. The zero-order valence-corrected chi connectivity index (χ0v) is 13.9. The lowest BCUT2D eigenvalue weighted by Crippen LogP contribution is -2.19. The largest absolute Gasteiger partial charge is 0.376 e. The van der Waals surface area contributed by atoms with Gasteiger partial charge >= 0.3 is 0 Å². The number of ether oxygens (including phenoxy) is 1. The Morgan fingerprint density at radius 3 is 3.04 bits per heavy atom. The van der Waals surface area contributed by atoms with E-state index in [-0.39, 0.29) is 6.10 Å². The molecule has 2 aromatic heterocycles. The summed E-state index contributed by atoms with van der Waals surface area (Å²) in [5.74, 6) is 0.793. The number of nitrogens with zero attached hydrogens (tertiary/aromatic N) is 4. The highest BCUT2D eigenvalue weighted by Crippen LogP contribution is 2.22. The van der Waals surface area contributed by atoms with E-state index in [4.69, 9.17) is 16.3 Å². The summed E-state index contributed by atoms with van der Waals surface area (Å²) in [6.45, 7) is 2.18. The molecular formula is C17H18ClN5O. The van der Waals surface area contributed by atoms with Crippen LogP contribution in [0.3, 0.4) is 0 Å². The summed E-state index contributed by atoms with van der Waals surface area (Å²) < 4.78 is 7.49. The second-order valence-electron chi connectivity index (χ2n) is 5.87. The van der Waals surface area contributed by atoms with Gasteiger partial charge in [-0.15, -0.1) is 0 Å². The van der Waals surface area contributed by atoms with E-state index < -0.39 is 0 Å². The van der Waals surface area contributed by atoms with Crippen LogP contribution in [0.25, 0.3) is 11.0 Å². The molecular weight excluding hydrogens is 326 g/mol. The SMILES string of the molecule is Clc1ccccc1Cn1ncc2c(NCC3CCCO3)ncnc21. The summed E-state index contributed by atoms with van der Waals surface area (Å²) in [5.41, 5.74) is 1.80. The minimum absolute atomic E-state index is 0.258. The quantitative estimate of drug-likeness (QED) is 0.771. The Hall–Kier alpha value is -2.18. The molecule has 124 valence electrons. The van der Waals surface area contributed by atoms with Crippen LogP contribution < -0.4 is 5.32 Å². The van der Waals surface area contributed by atoms with Gasteiger partial charge in [0.2, 0.25) is 0 Å². The lowest BCUT2D eigenvalue weighted by Gasteiger charge is -2.11. The maximum atomic E-state index is 6.25. The fourth-order valence-electron chi connectivity index (χ4n) is 2.95. The average molecular weight is 344 g/mol. The standard InChI is InChI=1S/C17H18ClN5O/c18-15-6-2-1-4-12(15)10-23-17-14(9-22-23)16(20-11-21-17)19-8-13-5-3-7-24-13/h1-2,4,6,9,11,13H,3,5,7-8,10H2,(H,19,20,21). The topological polar surface area (TPSA) is 64.9 Å². The molecule has 1 aromatic carbocycles. The number of aromatic nitrogens is 4. The van der Waals surface area contributed by atoms with Gasteiger partial charge in [0, 0.05) is 18.2 Å². The monoisotopic (exact) mass is 343 g/mol. The number of nitrogens with one attached hydrogen (secondary N) is 1. The number of anilines is 1. The van der Waals surface area contributed by atoms with Gasteiger partial charge in [0.1, 0.15) is 12.1 Å². The molecule has 1 atom stereocenters. The zero-order valence-electron chi connectivity index (χ0n) is 13.2. The van der Waals surface area contributed by atoms with E-state index in [1.807, 2.05) is 28.9 Å². The predicted molar refractivity (Wildman–Crippen MR) is 93.3 cm³/mol. The fourth-order valence-corrected chi connectivity index (χ4v) is 3.15. The number of halogens is 1. The Kier molecular flexibility index (Phi) is 4.32. The average Bonchev–Trinajstić information content (AvgIpc) is 3.25. The van der Waals surface area contributed by atoms with Gasteiger partial charge in [-0.3, -0.25) is 0 Å². The van der Waals surface area contributed by atoms with Crippen molar-refractivity contribution in [1.29, 1.82) is 0 Å². The molecule has 6 nitrogen and oxygen atoms in total. The van der Waals surface area contributed by atoms with Gasteiger partial charge in [0.15, 0.2) is 5.65 Å². The van der Waals surface area contributed by atoms with Gasteiger partial charge in [0.05, 0.1) is 24.2 Å². The molecule has 3 heterocycles.